The Morgan fingerprint density at radius 3 is 2.03 bits per heavy atom. The molecule has 9 nitrogen and oxygen atoms in total. The Hall–Kier alpha value is -3.92. The van der Waals surface area contributed by atoms with E-state index in [1.165, 1.54) is 12.1 Å². The summed E-state index contributed by atoms with van der Waals surface area (Å²) in [7, 11) is -3.85. The molecule has 0 radical (unpaired) electrons. The summed E-state index contributed by atoms with van der Waals surface area (Å²) < 4.78 is 50.3. The van der Waals surface area contributed by atoms with Gasteiger partial charge in [-0.05, 0) is 54.6 Å². The van der Waals surface area contributed by atoms with Crippen LogP contribution >= 0.6 is 0 Å². The van der Waals surface area contributed by atoms with Crippen molar-refractivity contribution in [3.8, 4) is 23.0 Å². The van der Waals surface area contributed by atoms with Crippen molar-refractivity contribution in [1.82, 2.24) is 0 Å². The summed E-state index contributed by atoms with van der Waals surface area (Å²) in [6.45, 7) is 1.89. The van der Waals surface area contributed by atoms with Gasteiger partial charge in [0.05, 0.1) is 18.1 Å². The van der Waals surface area contributed by atoms with Crippen LogP contribution in [0.4, 0.5) is 11.4 Å². The van der Waals surface area contributed by atoms with E-state index in [-0.39, 0.29) is 10.8 Å². The van der Waals surface area contributed by atoms with Crippen molar-refractivity contribution >= 4 is 27.3 Å². The predicted molar refractivity (Wildman–Crippen MR) is 125 cm³/mol. The molecule has 2 aliphatic heterocycles. The number of hydrogen-bond acceptors (Lipinski definition) is 7. The van der Waals surface area contributed by atoms with Gasteiger partial charge < -0.3 is 24.3 Å². The second-order valence-corrected chi connectivity index (χ2v) is 9.34. The van der Waals surface area contributed by atoms with E-state index in [2.05, 4.69) is 10.0 Å². The highest BCUT2D eigenvalue weighted by atomic mass is 32.2. The van der Waals surface area contributed by atoms with E-state index in [4.69, 9.17) is 18.9 Å². The fraction of sp³-hybridized carbons (Fsp3) is 0.208. The maximum absolute atomic E-state index is 12.8. The van der Waals surface area contributed by atoms with E-state index in [1.807, 2.05) is 0 Å². The first kappa shape index (κ1) is 21.9. The number of hydrogen-bond donors (Lipinski definition) is 2. The molecule has 2 heterocycles. The van der Waals surface area contributed by atoms with Gasteiger partial charge in [-0.1, -0.05) is 0 Å². The molecule has 176 valence electrons. The van der Waals surface area contributed by atoms with Crippen LogP contribution in [-0.4, -0.2) is 40.8 Å². The lowest BCUT2D eigenvalue weighted by Crippen LogP contribution is -2.17. The molecule has 34 heavy (non-hydrogen) atoms. The molecule has 3 aromatic rings. The van der Waals surface area contributed by atoms with Gasteiger partial charge in [0, 0.05) is 29.4 Å². The molecular weight excluding hydrogens is 460 g/mol. The Morgan fingerprint density at radius 1 is 0.676 bits per heavy atom. The first-order chi connectivity index (χ1) is 16.5. The molecule has 0 saturated carbocycles. The van der Waals surface area contributed by atoms with Crippen molar-refractivity contribution in [1.29, 1.82) is 0 Å². The Labute approximate surface area is 196 Å². The minimum absolute atomic E-state index is 0.0627. The molecule has 0 fully saturated rings. The smallest absolute Gasteiger partial charge is 0.262 e. The van der Waals surface area contributed by atoms with Gasteiger partial charge in [-0.15, -0.1) is 0 Å². The highest BCUT2D eigenvalue weighted by Crippen LogP contribution is 2.33. The molecule has 3 aromatic carbocycles. The summed E-state index contributed by atoms with van der Waals surface area (Å²) in [5.41, 5.74) is 1.28. The van der Waals surface area contributed by atoms with E-state index < -0.39 is 10.0 Å². The summed E-state index contributed by atoms with van der Waals surface area (Å²) >= 11 is 0. The van der Waals surface area contributed by atoms with Crippen molar-refractivity contribution in [2.24, 2.45) is 0 Å². The number of ether oxygens (including phenoxy) is 4. The molecular formula is C24H22N2O7S. The first-order valence-corrected chi connectivity index (χ1v) is 12.2. The van der Waals surface area contributed by atoms with Crippen LogP contribution in [0.3, 0.4) is 0 Å². The monoisotopic (exact) mass is 482 g/mol. The maximum atomic E-state index is 12.8. The van der Waals surface area contributed by atoms with Gasteiger partial charge in [-0.2, -0.15) is 0 Å². The van der Waals surface area contributed by atoms with Gasteiger partial charge in [0.1, 0.15) is 13.2 Å². The number of rotatable bonds is 5. The SMILES string of the molecule is O=C(Nc1ccc(NS(=O)(=O)c2ccc3c(c2)OCCCO3)cc1)c1ccc2c(c1)OCCO2. The summed E-state index contributed by atoms with van der Waals surface area (Å²) in [6.07, 6.45) is 0.729. The van der Waals surface area contributed by atoms with E-state index in [9.17, 15) is 13.2 Å². The largest absolute Gasteiger partial charge is 0.490 e. The average molecular weight is 483 g/mol. The quantitative estimate of drug-likeness (QED) is 0.571. The van der Waals surface area contributed by atoms with Crippen LogP contribution in [0.25, 0.3) is 0 Å². The van der Waals surface area contributed by atoms with Crippen molar-refractivity contribution in [3.63, 3.8) is 0 Å². The highest BCUT2D eigenvalue weighted by Gasteiger charge is 2.19. The summed E-state index contributed by atoms with van der Waals surface area (Å²) in [5, 5.41) is 2.78. The maximum Gasteiger partial charge on any atom is 0.262 e. The molecule has 0 bridgehead atoms. The first-order valence-electron chi connectivity index (χ1n) is 10.7. The normalized spacial score (nSPS) is 14.6. The Bertz CT molecular complexity index is 1320. The molecule has 5 rings (SSSR count). The van der Waals surface area contributed by atoms with Crippen LogP contribution < -0.4 is 29.0 Å². The molecule has 1 amide bonds. The fourth-order valence-corrected chi connectivity index (χ4v) is 4.61. The number of nitrogens with one attached hydrogen (secondary N) is 2. The van der Waals surface area contributed by atoms with E-state index >= 15 is 0 Å². The third-order valence-corrected chi connectivity index (χ3v) is 6.61. The molecule has 2 aliphatic rings. The molecule has 2 N–H and O–H groups in total. The van der Waals surface area contributed by atoms with E-state index in [1.54, 1.807) is 48.5 Å². The zero-order valence-electron chi connectivity index (χ0n) is 18.1. The van der Waals surface area contributed by atoms with Crippen LogP contribution in [-0.2, 0) is 10.0 Å². The lowest BCUT2D eigenvalue weighted by molar-refractivity contribution is 0.102. The second kappa shape index (κ2) is 9.14. The molecule has 10 heteroatoms. The third-order valence-electron chi connectivity index (χ3n) is 5.23. The van der Waals surface area contributed by atoms with Gasteiger partial charge in [0.25, 0.3) is 15.9 Å². The minimum Gasteiger partial charge on any atom is -0.490 e. The second-order valence-electron chi connectivity index (χ2n) is 7.65. The number of carbonyl (C=O) groups excluding carboxylic acids is 1. The third kappa shape index (κ3) is 4.72. The topological polar surface area (TPSA) is 112 Å². The molecule has 0 unspecified atom stereocenters. The Balaban J connectivity index is 1.26. The molecule has 0 saturated heterocycles. The van der Waals surface area contributed by atoms with Crippen LogP contribution in [0.15, 0.2) is 65.6 Å². The average Bonchev–Trinajstić information content (AvgIpc) is 3.10. The zero-order valence-corrected chi connectivity index (χ0v) is 18.9. The Morgan fingerprint density at radius 2 is 1.26 bits per heavy atom. The summed E-state index contributed by atoms with van der Waals surface area (Å²) in [5.74, 6) is 1.73. The number of sulfonamides is 1. The number of carbonyl (C=O) groups is 1. The van der Waals surface area contributed by atoms with Gasteiger partial charge in [-0.25, -0.2) is 8.42 Å². The van der Waals surface area contributed by atoms with Crippen LogP contribution in [0, 0.1) is 0 Å². The Kier molecular flexibility index (Phi) is 5.89. The number of fused-ring (bicyclic) bond motifs is 2. The van der Waals surface area contributed by atoms with Crippen molar-refractivity contribution in [2.75, 3.05) is 36.5 Å². The minimum atomic E-state index is -3.85. The lowest BCUT2D eigenvalue weighted by Gasteiger charge is -2.18. The molecule has 0 aromatic heterocycles. The van der Waals surface area contributed by atoms with Gasteiger partial charge >= 0.3 is 0 Å². The predicted octanol–water partition coefficient (Wildman–Crippen LogP) is 3.67. The van der Waals surface area contributed by atoms with Crippen LogP contribution in [0.5, 0.6) is 23.0 Å². The fourth-order valence-electron chi connectivity index (χ4n) is 3.53. The number of benzene rings is 3. The van der Waals surface area contributed by atoms with Crippen LogP contribution in [0.2, 0.25) is 0 Å². The zero-order chi connectivity index (χ0) is 23.5. The number of anilines is 2. The van der Waals surface area contributed by atoms with Gasteiger partial charge in [0.2, 0.25) is 0 Å². The van der Waals surface area contributed by atoms with Gasteiger partial charge in [-0.3, -0.25) is 9.52 Å². The highest BCUT2D eigenvalue weighted by molar-refractivity contribution is 7.92. The van der Waals surface area contributed by atoms with Gasteiger partial charge in [0.15, 0.2) is 23.0 Å². The van der Waals surface area contributed by atoms with E-state index in [0.29, 0.717) is 66.4 Å². The van der Waals surface area contributed by atoms with Crippen LogP contribution in [0.1, 0.15) is 16.8 Å². The lowest BCUT2D eigenvalue weighted by atomic mass is 10.1. The molecule has 0 aliphatic carbocycles. The van der Waals surface area contributed by atoms with E-state index in [0.717, 1.165) is 6.42 Å². The number of amides is 1. The van der Waals surface area contributed by atoms with Crippen molar-refractivity contribution in [3.05, 3.63) is 66.2 Å². The van der Waals surface area contributed by atoms with Crippen molar-refractivity contribution in [2.45, 2.75) is 11.3 Å². The standard InChI is InChI=1S/C24H22N2O7S/c27-24(16-2-8-20-22(14-16)33-13-12-32-20)25-17-3-5-18(6-4-17)26-34(28,29)19-7-9-21-23(15-19)31-11-1-10-30-21/h2-9,14-15,26H,1,10-13H2,(H,25,27). The summed E-state index contributed by atoms with van der Waals surface area (Å²) in [6, 6.07) is 15.8. The molecule has 0 atom stereocenters. The summed E-state index contributed by atoms with van der Waals surface area (Å²) in [4.78, 5) is 12.7. The molecule has 0 spiro atoms. The van der Waals surface area contributed by atoms with Crippen molar-refractivity contribution < 1.29 is 32.2 Å².